The first-order valence-corrected chi connectivity index (χ1v) is 7.84. The molecule has 0 aliphatic carbocycles. The van der Waals surface area contributed by atoms with Gasteiger partial charge in [-0.25, -0.2) is 0 Å². The molecule has 1 N–H and O–H groups in total. The van der Waals surface area contributed by atoms with Crippen LogP contribution in [0.1, 0.15) is 35.0 Å². The highest BCUT2D eigenvalue weighted by Gasteiger charge is 2.18. The van der Waals surface area contributed by atoms with Crippen LogP contribution in [0.4, 0.5) is 0 Å². The van der Waals surface area contributed by atoms with E-state index in [1.54, 1.807) is 6.92 Å². The molecule has 2 rings (SSSR count). The van der Waals surface area contributed by atoms with Gasteiger partial charge in [-0.05, 0) is 36.0 Å². The lowest BCUT2D eigenvalue weighted by molar-refractivity contribution is -0.138. The van der Waals surface area contributed by atoms with E-state index in [1.165, 1.54) is 23.5 Å². The zero-order valence-electron chi connectivity index (χ0n) is 9.76. The maximum absolute atomic E-state index is 10.9. The van der Waals surface area contributed by atoms with Crippen molar-refractivity contribution in [1.82, 2.24) is 0 Å². The molecular formula is C13H16O2S2. The Labute approximate surface area is 110 Å². The van der Waals surface area contributed by atoms with Crippen LogP contribution in [0, 0.1) is 0 Å². The molecule has 1 saturated heterocycles. The maximum atomic E-state index is 10.9. The third-order valence-electron chi connectivity index (χ3n) is 2.91. The summed E-state index contributed by atoms with van der Waals surface area (Å²) in [7, 11) is 0. The zero-order chi connectivity index (χ0) is 12.3. The monoisotopic (exact) mass is 268 g/mol. The molecule has 1 fully saturated rings. The molecule has 0 bridgehead atoms. The van der Waals surface area contributed by atoms with Crippen molar-refractivity contribution >= 4 is 29.5 Å². The third-order valence-corrected chi connectivity index (χ3v) is 5.92. The molecule has 0 radical (unpaired) electrons. The summed E-state index contributed by atoms with van der Waals surface area (Å²) in [5.41, 5.74) is 2.19. The second-order valence-electron chi connectivity index (χ2n) is 4.15. The van der Waals surface area contributed by atoms with E-state index < -0.39 is 11.9 Å². The van der Waals surface area contributed by atoms with Gasteiger partial charge in [0.05, 0.1) is 10.5 Å². The average Bonchev–Trinajstić information content (AvgIpc) is 2.39. The van der Waals surface area contributed by atoms with Crippen LogP contribution >= 0.6 is 23.5 Å². The normalized spacial score (nSPS) is 18.9. The minimum atomic E-state index is -0.765. The molecule has 1 aromatic carbocycles. The van der Waals surface area contributed by atoms with Gasteiger partial charge in [-0.2, -0.15) is 0 Å². The molecule has 1 atom stereocenters. The number of carboxylic acids is 1. The Hall–Kier alpha value is -0.610. The van der Waals surface area contributed by atoms with E-state index in [2.05, 4.69) is 12.1 Å². The number of carbonyl (C=O) groups is 1. The van der Waals surface area contributed by atoms with Crippen molar-refractivity contribution < 1.29 is 9.90 Å². The second-order valence-corrected chi connectivity index (χ2v) is 6.88. The van der Waals surface area contributed by atoms with E-state index >= 15 is 0 Å². The number of benzene rings is 1. The minimum Gasteiger partial charge on any atom is -0.481 e. The third kappa shape index (κ3) is 3.19. The summed E-state index contributed by atoms with van der Waals surface area (Å²) in [5, 5.41) is 8.95. The van der Waals surface area contributed by atoms with E-state index in [-0.39, 0.29) is 0 Å². The summed E-state index contributed by atoms with van der Waals surface area (Å²) in [4.78, 5) is 10.9. The SMILES string of the molecule is CC(C(=O)O)c1ccc(C2SCCCS2)cc1. The van der Waals surface area contributed by atoms with Crippen molar-refractivity contribution in [3.8, 4) is 0 Å². The molecule has 1 aliphatic heterocycles. The number of aliphatic carboxylic acids is 1. The Balaban J connectivity index is 2.09. The molecule has 1 unspecified atom stereocenters. The van der Waals surface area contributed by atoms with Gasteiger partial charge in [-0.3, -0.25) is 4.79 Å². The summed E-state index contributed by atoms with van der Waals surface area (Å²) in [6.07, 6.45) is 1.29. The summed E-state index contributed by atoms with van der Waals surface area (Å²) >= 11 is 3.97. The second kappa shape index (κ2) is 5.83. The molecule has 0 saturated carbocycles. The predicted molar refractivity (Wildman–Crippen MR) is 74.8 cm³/mol. The van der Waals surface area contributed by atoms with Crippen LogP contribution in [0.2, 0.25) is 0 Å². The molecular weight excluding hydrogens is 252 g/mol. The van der Waals surface area contributed by atoms with Crippen LogP contribution < -0.4 is 0 Å². The molecule has 0 amide bonds. The topological polar surface area (TPSA) is 37.3 Å². The molecule has 1 aliphatic rings. The van der Waals surface area contributed by atoms with Gasteiger partial charge in [-0.1, -0.05) is 24.3 Å². The van der Waals surface area contributed by atoms with Crippen LogP contribution in [0.15, 0.2) is 24.3 Å². The van der Waals surface area contributed by atoms with Gasteiger partial charge in [-0.15, -0.1) is 23.5 Å². The molecule has 1 heterocycles. The van der Waals surface area contributed by atoms with E-state index in [0.717, 1.165) is 5.56 Å². The summed E-state index contributed by atoms with van der Waals surface area (Å²) in [5.74, 6) is 1.27. The van der Waals surface area contributed by atoms with Gasteiger partial charge in [0.25, 0.3) is 0 Å². The highest BCUT2D eigenvalue weighted by molar-refractivity contribution is 8.16. The standard InChI is InChI=1S/C13H16O2S2/c1-9(12(14)15)10-3-5-11(6-4-10)13-16-7-2-8-17-13/h3-6,9,13H,2,7-8H2,1H3,(H,14,15). The van der Waals surface area contributed by atoms with E-state index in [1.807, 2.05) is 35.7 Å². The molecule has 1 aromatic rings. The fourth-order valence-electron chi connectivity index (χ4n) is 1.76. The van der Waals surface area contributed by atoms with Crippen molar-refractivity contribution in [2.24, 2.45) is 0 Å². The van der Waals surface area contributed by atoms with Crippen LogP contribution in [0.3, 0.4) is 0 Å². The fourth-order valence-corrected chi connectivity index (χ4v) is 4.66. The Bertz CT molecular complexity index is 383. The van der Waals surface area contributed by atoms with Crippen LogP contribution in [0.5, 0.6) is 0 Å². The smallest absolute Gasteiger partial charge is 0.310 e. The number of rotatable bonds is 3. The van der Waals surface area contributed by atoms with Crippen molar-refractivity contribution in [3.63, 3.8) is 0 Å². The predicted octanol–water partition coefficient (Wildman–Crippen LogP) is 3.74. The van der Waals surface area contributed by atoms with Crippen LogP contribution in [-0.4, -0.2) is 22.6 Å². The number of thioether (sulfide) groups is 2. The molecule has 0 aromatic heterocycles. The Morgan fingerprint density at radius 3 is 2.41 bits per heavy atom. The maximum Gasteiger partial charge on any atom is 0.310 e. The lowest BCUT2D eigenvalue weighted by atomic mass is 10.0. The summed E-state index contributed by atoms with van der Waals surface area (Å²) in [6.45, 7) is 1.72. The average molecular weight is 268 g/mol. The van der Waals surface area contributed by atoms with Gasteiger partial charge in [0, 0.05) is 0 Å². The Morgan fingerprint density at radius 1 is 1.29 bits per heavy atom. The first kappa shape index (κ1) is 12.8. The van der Waals surface area contributed by atoms with Gasteiger partial charge in [0.1, 0.15) is 0 Å². The Morgan fingerprint density at radius 2 is 1.88 bits per heavy atom. The summed E-state index contributed by atoms with van der Waals surface area (Å²) < 4.78 is 0.526. The minimum absolute atomic E-state index is 0.421. The van der Waals surface area contributed by atoms with Gasteiger partial charge in [0.15, 0.2) is 0 Å². The molecule has 2 nitrogen and oxygen atoms in total. The van der Waals surface area contributed by atoms with Crippen LogP contribution in [-0.2, 0) is 4.79 Å². The van der Waals surface area contributed by atoms with E-state index in [4.69, 9.17) is 5.11 Å². The quantitative estimate of drug-likeness (QED) is 0.906. The lowest BCUT2D eigenvalue weighted by Crippen LogP contribution is -2.07. The number of hydrogen-bond donors (Lipinski definition) is 1. The van der Waals surface area contributed by atoms with Gasteiger partial charge in [0.2, 0.25) is 0 Å². The zero-order valence-corrected chi connectivity index (χ0v) is 11.4. The first-order valence-electron chi connectivity index (χ1n) is 5.74. The van der Waals surface area contributed by atoms with Crippen molar-refractivity contribution in [3.05, 3.63) is 35.4 Å². The van der Waals surface area contributed by atoms with Crippen LogP contribution in [0.25, 0.3) is 0 Å². The van der Waals surface area contributed by atoms with Gasteiger partial charge < -0.3 is 5.11 Å². The van der Waals surface area contributed by atoms with Crippen molar-refractivity contribution in [1.29, 1.82) is 0 Å². The molecule has 92 valence electrons. The van der Waals surface area contributed by atoms with E-state index in [0.29, 0.717) is 4.58 Å². The Kier molecular flexibility index (Phi) is 4.40. The first-order chi connectivity index (χ1) is 8.18. The molecule has 0 spiro atoms. The molecule has 17 heavy (non-hydrogen) atoms. The number of hydrogen-bond acceptors (Lipinski definition) is 3. The van der Waals surface area contributed by atoms with E-state index in [9.17, 15) is 4.79 Å². The molecule has 4 heteroatoms. The van der Waals surface area contributed by atoms with Crippen molar-refractivity contribution in [2.75, 3.05) is 11.5 Å². The van der Waals surface area contributed by atoms with Gasteiger partial charge >= 0.3 is 5.97 Å². The summed E-state index contributed by atoms with van der Waals surface area (Å²) in [6, 6.07) is 8.04. The largest absolute Gasteiger partial charge is 0.481 e. The number of carboxylic acid groups (broad SMARTS) is 1. The highest BCUT2D eigenvalue weighted by atomic mass is 32.2. The van der Waals surface area contributed by atoms with Crippen molar-refractivity contribution in [2.45, 2.75) is 23.8 Å². The fraction of sp³-hybridized carbons (Fsp3) is 0.462. The highest BCUT2D eigenvalue weighted by Crippen LogP contribution is 2.43. The lowest BCUT2D eigenvalue weighted by Gasteiger charge is -2.21.